The van der Waals surface area contributed by atoms with Crippen molar-refractivity contribution < 1.29 is 13.5 Å². The van der Waals surface area contributed by atoms with E-state index >= 15 is 0 Å². The fraction of sp³-hybridized carbons (Fsp3) is 0.538. The molecule has 0 amide bonds. The highest BCUT2D eigenvalue weighted by Gasteiger charge is 2.19. The van der Waals surface area contributed by atoms with Crippen LogP contribution in [0.3, 0.4) is 0 Å². The number of halogens is 2. The van der Waals surface area contributed by atoms with Crippen molar-refractivity contribution in [3.63, 3.8) is 0 Å². The summed E-state index contributed by atoms with van der Waals surface area (Å²) in [6.07, 6.45) is 0. The van der Waals surface area contributed by atoms with Crippen molar-refractivity contribution in [3.8, 4) is 5.75 Å². The van der Waals surface area contributed by atoms with E-state index in [2.05, 4.69) is 21.9 Å². The molecular formula is C13H18F2N2O. The summed E-state index contributed by atoms with van der Waals surface area (Å²) >= 11 is 0. The number of alkyl halides is 2. The summed E-state index contributed by atoms with van der Waals surface area (Å²) in [5.41, 5.74) is 0.812. The van der Waals surface area contributed by atoms with E-state index in [1.165, 1.54) is 0 Å². The summed E-state index contributed by atoms with van der Waals surface area (Å²) in [4.78, 5) is 2.27. The molecule has 2 rings (SSSR count). The summed E-state index contributed by atoms with van der Waals surface area (Å²) in [7, 11) is 0. The zero-order valence-corrected chi connectivity index (χ0v) is 10.4. The zero-order valence-electron chi connectivity index (χ0n) is 10.4. The van der Waals surface area contributed by atoms with E-state index in [1.807, 2.05) is 12.1 Å². The molecule has 1 N–H and O–H groups in total. The van der Waals surface area contributed by atoms with Gasteiger partial charge in [-0.1, -0.05) is 18.2 Å². The zero-order chi connectivity index (χ0) is 13.0. The van der Waals surface area contributed by atoms with Gasteiger partial charge in [0.2, 0.25) is 0 Å². The molecule has 0 spiro atoms. The van der Waals surface area contributed by atoms with E-state index in [1.54, 1.807) is 12.1 Å². The van der Waals surface area contributed by atoms with Crippen LogP contribution in [0.2, 0.25) is 0 Å². The number of hydrogen-bond donors (Lipinski definition) is 1. The molecule has 100 valence electrons. The summed E-state index contributed by atoms with van der Waals surface area (Å²) in [5.74, 6) is 0.276. The minimum atomic E-state index is -2.77. The molecule has 1 aliphatic rings. The van der Waals surface area contributed by atoms with Crippen LogP contribution in [-0.2, 0) is 6.54 Å². The summed E-state index contributed by atoms with van der Waals surface area (Å²) in [6.45, 7) is 2.78. The molecule has 1 heterocycles. The lowest BCUT2D eigenvalue weighted by atomic mass is 10.1. The van der Waals surface area contributed by atoms with Gasteiger partial charge in [0.05, 0.1) is 0 Å². The molecule has 1 aromatic rings. The topological polar surface area (TPSA) is 24.5 Å². The highest BCUT2D eigenvalue weighted by atomic mass is 19.3. The molecule has 3 nitrogen and oxygen atoms in total. The predicted octanol–water partition coefficient (Wildman–Crippen LogP) is 2.08. The first-order chi connectivity index (χ1) is 8.66. The van der Waals surface area contributed by atoms with E-state index in [9.17, 15) is 8.78 Å². The van der Waals surface area contributed by atoms with Crippen LogP contribution >= 0.6 is 0 Å². The molecule has 1 unspecified atom stereocenters. The second-order valence-corrected chi connectivity index (χ2v) is 4.51. The van der Waals surface area contributed by atoms with Gasteiger partial charge in [0.1, 0.15) is 5.75 Å². The molecule has 1 atom stereocenters. The first kappa shape index (κ1) is 13.2. The Morgan fingerprint density at radius 3 is 2.94 bits per heavy atom. The molecule has 18 heavy (non-hydrogen) atoms. The van der Waals surface area contributed by atoms with Crippen molar-refractivity contribution in [1.82, 2.24) is 10.2 Å². The molecule has 1 fully saturated rings. The lowest BCUT2D eigenvalue weighted by molar-refractivity contribution is -0.0509. The van der Waals surface area contributed by atoms with Crippen LogP contribution in [0, 0.1) is 0 Å². The molecule has 0 aromatic heterocycles. The van der Waals surface area contributed by atoms with Gasteiger partial charge in [-0.2, -0.15) is 8.78 Å². The average Bonchev–Trinajstić information content (AvgIpc) is 2.34. The fourth-order valence-corrected chi connectivity index (χ4v) is 2.18. The second kappa shape index (κ2) is 6.11. The Morgan fingerprint density at radius 1 is 1.44 bits per heavy atom. The summed E-state index contributed by atoms with van der Waals surface area (Å²) in [5, 5.41) is 3.30. The molecular weight excluding hydrogens is 238 g/mol. The highest BCUT2D eigenvalue weighted by molar-refractivity contribution is 5.33. The summed E-state index contributed by atoms with van der Waals surface area (Å²) in [6, 6.07) is 7.39. The van der Waals surface area contributed by atoms with Gasteiger partial charge in [0.25, 0.3) is 0 Å². The van der Waals surface area contributed by atoms with Crippen molar-refractivity contribution in [3.05, 3.63) is 29.8 Å². The van der Waals surface area contributed by atoms with Crippen LogP contribution in [0.4, 0.5) is 8.78 Å². The van der Waals surface area contributed by atoms with Crippen LogP contribution in [0.1, 0.15) is 12.5 Å². The molecule has 0 bridgehead atoms. The van der Waals surface area contributed by atoms with Gasteiger partial charge < -0.3 is 10.1 Å². The van der Waals surface area contributed by atoms with E-state index in [0.717, 1.165) is 25.2 Å². The quantitative estimate of drug-likeness (QED) is 0.892. The number of hydrogen-bond acceptors (Lipinski definition) is 3. The van der Waals surface area contributed by atoms with E-state index in [4.69, 9.17) is 0 Å². The normalized spacial score (nSPS) is 21.2. The van der Waals surface area contributed by atoms with Crippen LogP contribution in [0.5, 0.6) is 5.75 Å². The number of benzene rings is 1. The van der Waals surface area contributed by atoms with Crippen LogP contribution < -0.4 is 10.1 Å². The maximum absolute atomic E-state index is 12.3. The number of para-hydroxylation sites is 1. The Kier molecular flexibility index (Phi) is 4.49. The second-order valence-electron chi connectivity index (χ2n) is 4.51. The smallest absolute Gasteiger partial charge is 0.387 e. The average molecular weight is 256 g/mol. The molecule has 0 saturated carbocycles. The Morgan fingerprint density at radius 2 is 2.22 bits per heavy atom. The number of piperazine rings is 1. The SMILES string of the molecule is CC1CNCCN1Cc1ccccc1OC(F)F. The van der Waals surface area contributed by atoms with Gasteiger partial charge in [0.15, 0.2) is 0 Å². The highest BCUT2D eigenvalue weighted by Crippen LogP contribution is 2.22. The van der Waals surface area contributed by atoms with Gasteiger partial charge in [-0.25, -0.2) is 0 Å². The predicted molar refractivity (Wildman–Crippen MR) is 65.8 cm³/mol. The Bertz CT molecular complexity index is 387. The largest absolute Gasteiger partial charge is 0.434 e. The number of nitrogens with zero attached hydrogens (tertiary/aromatic N) is 1. The van der Waals surface area contributed by atoms with E-state index in [0.29, 0.717) is 12.6 Å². The summed E-state index contributed by atoms with van der Waals surface area (Å²) < 4.78 is 29.2. The van der Waals surface area contributed by atoms with Gasteiger partial charge in [-0.15, -0.1) is 0 Å². The minimum Gasteiger partial charge on any atom is -0.434 e. The molecule has 1 saturated heterocycles. The van der Waals surface area contributed by atoms with E-state index in [-0.39, 0.29) is 5.75 Å². The monoisotopic (exact) mass is 256 g/mol. The first-order valence-electron chi connectivity index (χ1n) is 6.14. The van der Waals surface area contributed by atoms with E-state index < -0.39 is 6.61 Å². The maximum atomic E-state index is 12.3. The third-order valence-corrected chi connectivity index (χ3v) is 3.20. The molecule has 1 aliphatic heterocycles. The third-order valence-electron chi connectivity index (χ3n) is 3.20. The van der Waals surface area contributed by atoms with Gasteiger partial charge in [-0.05, 0) is 13.0 Å². The van der Waals surface area contributed by atoms with Crippen molar-refractivity contribution >= 4 is 0 Å². The molecule has 0 radical (unpaired) electrons. The molecule has 5 heteroatoms. The number of rotatable bonds is 4. The standard InChI is InChI=1S/C13H18F2N2O/c1-10-8-16-6-7-17(10)9-11-4-2-3-5-12(11)18-13(14)15/h2-5,10,13,16H,6-9H2,1H3. The Balaban J connectivity index is 2.07. The number of nitrogens with one attached hydrogen (secondary N) is 1. The van der Waals surface area contributed by atoms with Crippen molar-refractivity contribution in [2.45, 2.75) is 26.1 Å². The fourth-order valence-electron chi connectivity index (χ4n) is 2.18. The number of ether oxygens (including phenoxy) is 1. The van der Waals surface area contributed by atoms with Gasteiger partial charge >= 0.3 is 6.61 Å². The molecule has 1 aromatic carbocycles. The first-order valence-corrected chi connectivity index (χ1v) is 6.14. The van der Waals surface area contributed by atoms with Gasteiger partial charge in [-0.3, -0.25) is 4.90 Å². The van der Waals surface area contributed by atoms with Crippen LogP contribution in [0.15, 0.2) is 24.3 Å². The molecule has 0 aliphatic carbocycles. The van der Waals surface area contributed by atoms with Crippen molar-refractivity contribution in [2.75, 3.05) is 19.6 Å². The van der Waals surface area contributed by atoms with Crippen molar-refractivity contribution in [2.24, 2.45) is 0 Å². The third kappa shape index (κ3) is 3.40. The van der Waals surface area contributed by atoms with Crippen LogP contribution in [0.25, 0.3) is 0 Å². The lowest BCUT2D eigenvalue weighted by Crippen LogP contribution is -2.49. The Hall–Kier alpha value is -1.20. The Labute approximate surface area is 106 Å². The maximum Gasteiger partial charge on any atom is 0.387 e. The van der Waals surface area contributed by atoms with Gasteiger partial charge in [0, 0.05) is 37.8 Å². The lowest BCUT2D eigenvalue weighted by Gasteiger charge is -2.34. The van der Waals surface area contributed by atoms with Crippen LogP contribution in [-0.4, -0.2) is 37.2 Å². The van der Waals surface area contributed by atoms with Crippen molar-refractivity contribution in [1.29, 1.82) is 0 Å². The minimum absolute atomic E-state index is 0.276.